The molecule has 0 spiro atoms. The maximum atomic E-state index is 11.0. The molecule has 2 fully saturated rings. The number of fused-ring (bicyclic) bond motifs is 1. The Morgan fingerprint density at radius 2 is 2.21 bits per heavy atom. The third-order valence-corrected chi connectivity index (χ3v) is 4.80. The zero-order chi connectivity index (χ0) is 13.7. The van der Waals surface area contributed by atoms with Gasteiger partial charge in [-0.15, -0.1) is 0 Å². The minimum atomic E-state index is -0.381. The maximum Gasteiger partial charge on any atom is 0.233 e. The van der Waals surface area contributed by atoms with Crippen LogP contribution in [0.4, 0.5) is 0 Å². The summed E-state index contributed by atoms with van der Waals surface area (Å²) in [5.41, 5.74) is 1.78. The fraction of sp³-hybridized carbons (Fsp3) is 0.929. The zero-order valence-corrected chi connectivity index (χ0v) is 11.7. The van der Waals surface area contributed by atoms with Gasteiger partial charge in [-0.1, -0.05) is 12.8 Å². The normalized spacial score (nSPS) is 31.8. The molecule has 2 atom stereocenters. The van der Waals surface area contributed by atoms with Crippen LogP contribution in [-0.4, -0.2) is 41.1 Å². The Kier molecular flexibility index (Phi) is 5.19. The largest absolute Gasteiger partial charge is 0.390 e. The van der Waals surface area contributed by atoms with Gasteiger partial charge in [0, 0.05) is 25.4 Å². The number of unbranched alkanes of at least 4 members (excludes halogenated alkanes) is 1. The molecular formula is C14H27N3O2. The molecule has 2 unspecified atom stereocenters. The first-order valence-electron chi connectivity index (χ1n) is 7.58. The van der Waals surface area contributed by atoms with Gasteiger partial charge in [-0.3, -0.25) is 10.2 Å². The molecule has 0 radical (unpaired) electrons. The highest BCUT2D eigenvalue weighted by molar-refractivity contribution is 5.75. The van der Waals surface area contributed by atoms with E-state index in [0.717, 1.165) is 45.3 Å². The number of likely N-dealkylation sites (tertiary alicyclic amines) is 1. The van der Waals surface area contributed by atoms with Gasteiger partial charge in [0.2, 0.25) is 5.91 Å². The maximum absolute atomic E-state index is 11.0. The van der Waals surface area contributed by atoms with Gasteiger partial charge in [-0.2, -0.15) is 0 Å². The average Bonchev–Trinajstić information content (AvgIpc) is 2.43. The molecule has 2 aliphatic rings. The molecule has 0 aromatic carbocycles. The van der Waals surface area contributed by atoms with Crippen molar-refractivity contribution in [3.8, 4) is 0 Å². The number of amides is 1. The summed E-state index contributed by atoms with van der Waals surface area (Å²) in [4.78, 5) is 13.5. The smallest absolute Gasteiger partial charge is 0.233 e. The summed E-state index contributed by atoms with van der Waals surface area (Å²) in [7, 11) is 0. The SMILES string of the molecule is NNC(=O)CCCCN1CCC2(O)CCCCC2C1. The lowest BCUT2D eigenvalue weighted by molar-refractivity contribution is -0.121. The van der Waals surface area contributed by atoms with E-state index >= 15 is 0 Å². The highest BCUT2D eigenvalue weighted by Crippen LogP contribution is 2.39. The predicted molar refractivity (Wildman–Crippen MR) is 74.1 cm³/mol. The molecule has 1 amide bonds. The lowest BCUT2D eigenvalue weighted by atomic mass is 9.71. The zero-order valence-electron chi connectivity index (χ0n) is 11.7. The van der Waals surface area contributed by atoms with E-state index in [9.17, 15) is 9.90 Å². The highest BCUT2D eigenvalue weighted by Gasteiger charge is 2.42. The van der Waals surface area contributed by atoms with Gasteiger partial charge in [0.25, 0.3) is 0 Å². The summed E-state index contributed by atoms with van der Waals surface area (Å²) in [6, 6.07) is 0. The van der Waals surface area contributed by atoms with Crippen molar-refractivity contribution < 1.29 is 9.90 Å². The van der Waals surface area contributed by atoms with Crippen molar-refractivity contribution in [3.63, 3.8) is 0 Å². The van der Waals surface area contributed by atoms with Crippen molar-refractivity contribution in [3.05, 3.63) is 0 Å². The van der Waals surface area contributed by atoms with E-state index in [1.54, 1.807) is 0 Å². The Morgan fingerprint density at radius 1 is 1.37 bits per heavy atom. The number of nitrogens with two attached hydrogens (primary N) is 1. The molecule has 2 rings (SSSR count). The Hall–Kier alpha value is -0.650. The number of nitrogens with zero attached hydrogens (tertiary/aromatic N) is 1. The quantitative estimate of drug-likeness (QED) is 0.298. The van der Waals surface area contributed by atoms with Gasteiger partial charge >= 0.3 is 0 Å². The van der Waals surface area contributed by atoms with Crippen molar-refractivity contribution in [2.45, 2.75) is 57.0 Å². The summed E-state index contributed by atoms with van der Waals surface area (Å²) in [5, 5.41) is 10.6. The minimum absolute atomic E-state index is 0.0831. The third kappa shape index (κ3) is 3.91. The second-order valence-electron chi connectivity index (χ2n) is 6.12. The molecule has 19 heavy (non-hydrogen) atoms. The molecule has 4 N–H and O–H groups in total. The molecule has 5 heteroatoms. The molecule has 110 valence electrons. The first kappa shape index (κ1) is 14.8. The molecule has 1 saturated carbocycles. The molecule has 0 aromatic heterocycles. The van der Waals surface area contributed by atoms with Crippen molar-refractivity contribution in [1.29, 1.82) is 0 Å². The van der Waals surface area contributed by atoms with Crippen LogP contribution in [0.15, 0.2) is 0 Å². The van der Waals surface area contributed by atoms with Crippen molar-refractivity contribution >= 4 is 5.91 Å². The molecule has 1 saturated heterocycles. The fourth-order valence-corrected chi connectivity index (χ4v) is 3.54. The molecule has 1 aliphatic heterocycles. The van der Waals surface area contributed by atoms with E-state index in [1.165, 1.54) is 19.3 Å². The molecule has 1 heterocycles. The number of nitrogens with one attached hydrogen (secondary N) is 1. The molecule has 1 aliphatic carbocycles. The summed E-state index contributed by atoms with van der Waals surface area (Å²) in [6.07, 6.45) is 7.94. The van der Waals surface area contributed by atoms with Gasteiger partial charge in [-0.25, -0.2) is 5.84 Å². The highest BCUT2D eigenvalue weighted by atomic mass is 16.3. The number of hydrogen-bond acceptors (Lipinski definition) is 4. The number of aliphatic hydroxyl groups is 1. The third-order valence-electron chi connectivity index (χ3n) is 4.80. The van der Waals surface area contributed by atoms with Crippen molar-refractivity contribution in [1.82, 2.24) is 10.3 Å². The Morgan fingerprint density at radius 3 is 3.00 bits per heavy atom. The van der Waals surface area contributed by atoms with Crippen molar-refractivity contribution in [2.24, 2.45) is 11.8 Å². The van der Waals surface area contributed by atoms with E-state index in [2.05, 4.69) is 10.3 Å². The Bertz CT molecular complexity index is 311. The van der Waals surface area contributed by atoms with Crippen LogP contribution in [0.3, 0.4) is 0 Å². The molecule has 0 bridgehead atoms. The van der Waals surface area contributed by atoms with Crippen LogP contribution >= 0.6 is 0 Å². The lowest BCUT2D eigenvalue weighted by Gasteiger charge is -2.47. The monoisotopic (exact) mass is 269 g/mol. The number of piperidine rings is 1. The van der Waals surface area contributed by atoms with Gasteiger partial charge < -0.3 is 10.0 Å². The second-order valence-corrected chi connectivity index (χ2v) is 6.12. The lowest BCUT2D eigenvalue weighted by Crippen LogP contribution is -2.53. The Labute approximate surface area is 115 Å². The van der Waals surface area contributed by atoms with Gasteiger partial charge in [0.1, 0.15) is 0 Å². The average molecular weight is 269 g/mol. The van der Waals surface area contributed by atoms with Crippen LogP contribution in [0.1, 0.15) is 51.4 Å². The van der Waals surface area contributed by atoms with E-state index in [1.807, 2.05) is 0 Å². The fourth-order valence-electron chi connectivity index (χ4n) is 3.54. The second kappa shape index (κ2) is 6.68. The van der Waals surface area contributed by atoms with Crippen LogP contribution < -0.4 is 11.3 Å². The van der Waals surface area contributed by atoms with Crippen LogP contribution in [-0.2, 0) is 4.79 Å². The van der Waals surface area contributed by atoms with Gasteiger partial charge in [-0.05, 0) is 38.6 Å². The standard InChI is InChI=1S/C14H27N3O2/c15-16-13(18)6-2-4-9-17-10-8-14(19)7-3-1-5-12(14)11-17/h12,19H,1-11,15H2,(H,16,18). The molecule has 0 aromatic rings. The van der Waals surface area contributed by atoms with E-state index in [4.69, 9.17) is 5.84 Å². The topological polar surface area (TPSA) is 78.6 Å². The molecular weight excluding hydrogens is 242 g/mol. The summed E-state index contributed by atoms with van der Waals surface area (Å²) < 4.78 is 0. The summed E-state index contributed by atoms with van der Waals surface area (Å²) >= 11 is 0. The number of carbonyl (C=O) groups excluding carboxylic acids is 1. The van der Waals surface area contributed by atoms with E-state index in [-0.39, 0.29) is 11.5 Å². The number of hydrazine groups is 1. The minimum Gasteiger partial charge on any atom is -0.390 e. The summed E-state index contributed by atoms with van der Waals surface area (Å²) in [5.74, 6) is 5.42. The molecule has 5 nitrogen and oxygen atoms in total. The summed E-state index contributed by atoms with van der Waals surface area (Å²) in [6.45, 7) is 3.06. The van der Waals surface area contributed by atoms with Crippen LogP contribution in [0.25, 0.3) is 0 Å². The number of hydrogen-bond donors (Lipinski definition) is 3. The van der Waals surface area contributed by atoms with Gasteiger partial charge in [0.15, 0.2) is 0 Å². The number of rotatable bonds is 5. The van der Waals surface area contributed by atoms with Crippen LogP contribution in [0, 0.1) is 5.92 Å². The van der Waals surface area contributed by atoms with Gasteiger partial charge in [0.05, 0.1) is 5.60 Å². The first-order valence-corrected chi connectivity index (χ1v) is 7.58. The van der Waals surface area contributed by atoms with Crippen LogP contribution in [0.5, 0.6) is 0 Å². The predicted octanol–water partition coefficient (Wildman–Crippen LogP) is 0.774. The number of carbonyl (C=O) groups is 1. The van der Waals surface area contributed by atoms with Crippen molar-refractivity contribution in [2.75, 3.05) is 19.6 Å². The Balaban J connectivity index is 1.68. The van der Waals surface area contributed by atoms with Crippen LogP contribution in [0.2, 0.25) is 0 Å². The van der Waals surface area contributed by atoms with E-state index in [0.29, 0.717) is 12.3 Å². The van der Waals surface area contributed by atoms with E-state index < -0.39 is 0 Å². The first-order chi connectivity index (χ1) is 9.14.